The first-order valence-electron chi connectivity index (χ1n) is 8.90. The second-order valence-corrected chi connectivity index (χ2v) is 7.99. The monoisotopic (exact) mass is 304 g/mol. The molecule has 0 aromatic rings. The minimum absolute atomic E-state index is 0.0669. The molecular weight excluding hydrogens is 272 g/mol. The van der Waals surface area contributed by atoms with Gasteiger partial charge >= 0.3 is 0 Å². The van der Waals surface area contributed by atoms with E-state index in [1.165, 1.54) is 24.8 Å². The van der Waals surface area contributed by atoms with Gasteiger partial charge in [0.2, 0.25) is 0 Å². The second kappa shape index (κ2) is 6.70. The van der Waals surface area contributed by atoms with Gasteiger partial charge in [0.25, 0.3) is 0 Å². The Bertz CT molecular complexity index is 468. The fourth-order valence-electron chi connectivity index (χ4n) is 4.70. The molecule has 0 aliphatic heterocycles. The summed E-state index contributed by atoms with van der Waals surface area (Å²) in [6, 6.07) is 0. The summed E-state index contributed by atoms with van der Waals surface area (Å²) in [6.07, 6.45) is 12.3. The molecule has 22 heavy (non-hydrogen) atoms. The number of rotatable bonds is 6. The van der Waals surface area contributed by atoms with Crippen molar-refractivity contribution in [1.29, 1.82) is 0 Å². The maximum Gasteiger partial charge on any atom is 0.178 e. The quantitative estimate of drug-likeness (QED) is 0.773. The lowest BCUT2D eigenvalue weighted by Gasteiger charge is -2.47. The zero-order chi connectivity index (χ0) is 16.4. The number of carbonyl (C=O) groups excluding carboxylic acids is 1. The first-order valence-corrected chi connectivity index (χ1v) is 8.90. The van der Waals surface area contributed by atoms with Crippen LogP contribution in [-0.4, -0.2) is 17.5 Å². The van der Waals surface area contributed by atoms with Crippen molar-refractivity contribution < 1.29 is 9.90 Å². The van der Waals surface area contributed by atoms with Crippen LogP contribution >= 0.6 is 0 Å². The molecule has 2 aliphatic rings. The molecule has 0 bridgehead atoms. The van der Waals surface area contributed by atoms with Crippen molar-refractivity contribution in [3.8, 4) is 0 Å². The molecule has 0 radical (unpaired) electrons. The highest BCUT2D eigenvalue weighted by Crippen LogP contribution is 2.52. The van der Waals surface area contributed by atoms with E-state index in [1.807, 2.05) is 6.08 Å². The maximum atomic E-state index is 11.6. The molecule has 2 rings (SSSR count). The van der Waals surface area contributed by atoms with Gasteiger partial charge in [0.05, 0.1) is 0 Å². The van der Waals surface area contributed by atoms with Crippen molar-refractivity contribution in [1.82, 2.24) is 0 Å². The van der Waals surface area contributed by atoms with Gasteiger partial charge in [-0.15, -0.1) is 0 Å². The first-order chi connectivity index (χ1) is 10.3. The van der Waals surface area contributed by atoms with Gasteiger partial charge < -0.3 is 5.11 Å². The van der Waals surface area contributed by atoms with Gasteiger partial charge in [0.1, 0.15) is 0 Å². The summed E-state index contributed by atoms with van der Waals surface area (Å²) in [4.78, 5) is 11.6. The molecule has 0 spiro atoms. The number of hydrogen-bond donors (Lipinski definition) is 1. The fraction of sp³-hybridized carbons (Fsp3) is 0.750. The van der Waals surface area contributed by atoms with Crippen LogP contribution in [-0.2, 0) is 4.79 Å². The number of hydrogen-bond acceptors (Lipinski definition) is 2. The van der Waals surface area contributed by atoms with E-state index in [0.717, 1.165) is 19.3 Å². The topological polar surface area (TPSA) is 37.3 Å². The standard InChI is InChI=1S/C20H32O2/c1-5-9-19(3,11-12-21)15(2)16-6-7-17-13-18(22)8-10-20(17,4)14-16/h8,10,13,15-16,21H,5-7,9,11-12,14H2,1-4H3. The molecular formula is C20H32O2. The van der Waals surface area contributed by atoms with Crippen molar-refractivity contribution in [2.45, 2.75) is 66.2 Å². The van der Waals surface area contributed by atoms with E-state index >= 15 is 0 Å². The average molecular weight is 304 g/mol. The van der Waals surface area contributed by atoms with Crippen molar-refractivity contribution >= 4 is 5.78 Å². The highest BCUT2D eigenvalue weighted by Gasteiger charge is 2.42. The molecule has 0 aromatic carbocycles. The van der Waals surface area contributed by atoms with E-state index in [-0.39, 0.29) is 23.2 Å². The Labute approximate surface area is 135 Å². The van der Waals surface area contributed by atoms with Crippen LogP contribution in [0.25, 0.3) is 0 Å². The number of aliphatic hydroxyl groups excluding tert-OH is 1. The molecule has 1 N–H and O–H groups in total. The minimum Gasteiger partial charge on any atom is -0.396 e. The van der Waals surface area contributed by atoms with Gasteiger partial charge in [-0.25, -0.2) is 0 Å². The maximum absolute atomic E-state index is 11.6. The molecule has 1 saturated carbocycles. The summed E-state index contributed by atoms with van der Waals surface area (Å²) in [5.41, 5.74) is 1.61. The predicted octanol–water partition coefficient (Wildman–Crippen LogP) is 4.68. The van der Waals surface area contributed by atoms with Crippen LogP contribution in [0.3, 0.4) is 0 Å². The minimum atomic E-state index is 0.0669. The van der Waals surface area contributed by atoms with Gasteiger partial charge in [-0.05, 0) is 61.5 Å². The number of fused-ring (bicyclic) bond motifs is 1. The molecule has 0 aromatic heterocycles. The van der Waals surface area contributed by atoms with Gasteiger partial charge in [-0.3, -0.25) is 4.79 Å². The SMILES string of the molecule is CCCC(C)(CCO)C(C)C1CCC2=CC(=O)C=CC2(C)C1. The van der Waals surface area contributed by atoms with Crippen LogP contribution in [0.15, 0.2) is 23.8 Å². The summed E-state index contributed by atoms with van der Waals surface area (Å²) in [5.74, 6) is 1.42. The predicted molar refractivity (Wildman–Crippen MR) is 91.6 cm³/mol. The van der Waals surface area contributed by atoms with Crippen LogP contribution in [0.1, 0.15) is 66.2 Å². The lowest BCUT2D eigenvalue weighted by molar-refractivity contribution is -0.110. The van der Waals surface area contributed by atoms with E-state index < -0.39 is 0 Å². The smallest absolute Gasteiger partial charge is 0.178 e. The summed E-state index contributed by atoms with van der Waals surface area (Å²) < 4.78 is 0. The number of ketones is 1. The third-order valence-electron chi connectivity index (χ3n) is 6.45. The van der Waals surface area contributed by atoms with Crippen molar-refractivity contribution in [3.63, 3.8) is 0 Å². The zero-order valence-corrected chi connectivity index (χ0v) is 14.7. The van der Waals surface area contributed by atoms with Crippen molar-refractivity contribution in [3.05, 3.63) is 23.8 Å². The Kier molecular flexibility index (Phi) is 5.32. The zero-order valence-electron chi connectivity index (χ0n) is 14.7. The van der Waals surface area contributed by atoms with E-state index in [1.54, 1.807) is 6.08 Å². The molecule has 2 nitrogen and oxygen atoms in total. The van der Waals surface area contributed by atoms with E-state index in [9.17, 15) is 9.90 Å². The van der Waals surface area contributed by atoms with Crippen LogP contribution in [0, 0.1) is 22.7 Å². The number of allylic oxidation sites excluding steroid dienone is 4. The average Bonchev–Trinajstić information content (AvgIpc) is 2.47. The third kappa shape index (κ3) is 3.37. The van der Waals surface area contributed by atoms with Gasteiger partial charge in [-0.1, -0.05) is 45.8 Å². The van der Waals surface area contributed by atoms with Crippen LogP contribution < -0.4 is 0 Å². The van der Waals surface area contributed by atoms with E-state index in [4.69, 9.17) is 0 Å². The highest BCUT2D eigenvalue weighted by molar-refractivity contribution is 6.01. The Morgan fingerprint density at radius 1 is 1.45 bits per heavy atom. The second-order valence-electron chi connectivity index (χ2n) is 7.99. The van der Waals surface area contributed by atoms with Gasteiger partial charge in [0, 0.05) is 12.0 Å². The molecule has 0 amide bonds. The Morgan fingerprint density at radius 2 is 2.18 bits per heavy atom. The molecule has 0 saturated heterocycles. The first kappa shape index (κ1) is 17.5. The molecule has 4 atom stereocenters. The fourth-order valence-corrected chi connectivity index (χ4v) is 4.70. The molecule has 2 aliphatic carbocycles. The van der Waals surface area contributed by atoms with E-state index in [2.05, 4.69) is 33.8 Å². The van der Waals surface area contributed by atoms with Gasteiger partial charge in [0.15, 0.2) is 5.78 Å². The largest absolute Gasteiger partial charge is 0.396 e. The van der Waals surface area contributed by atoms with Crippen molar-refractivity contribution in [2.24, 2.45) is 22.7 Å². The third-order valence-corrected chi connectivity index (χ3v) is 6.45. The van der Waals surface area contributed by atoms with Gasteiger partial charge in [-0.2, -0.15) is 0 Å². The molecule has 124 valence electrons. The molecule has 2 heteroatoms. The summed E-state index contributed by atoms with van der Waals surface area (Å²) >= 11 is 0. The van der Waals surface area contributed by atoms with Crippen LogP contribution in [0.4, 0.5) is 0 Å². The summed E-state index contributed by atoms with van der Waals surface area (Å²) in [7, 11) is 0. The lowest BCUT2D eigenvalue weighted by Crippen LogP contribution is -2.38. The Balaban J connectivity index is 2.15. The molecule has 4 unspecified atom stereocenters. The molecule has 0 heterocycles. The normalized spacial score (nSPS) is 32.1. The molecule has 1 fully saturated rings. The van der Waals surface area contributed by atoms with Crippen LogP contribution in [0.2, 0.25) is 0 Å². The Morgan fingerprint density at radius 3 is 2.82 bits per heavy atom. The lowest BCUT2D eigenvalue weighted by atomic mass is 9.58. The Hall–Kier alpha value is -0.890. The number of carbonyl (C=O) groups is 1. The highest BCUT2D eigenvalue weighted by atomic mass is 16.3. The summed E-state index contributed by atoms with van der Waals surface area (Å²) in [6.45, 7) is 9.53. The van der Waals surface area contributed by atoms with Crippen molar-refractivity contribution in [2.75, 3.05) is 6.61 Å². The summed E-state index contributed by atoms with van der Waals surface area (Å²) in [5, 5.41) is 9.49. The van der Waals surface area contributed by atoms with Crippen LogP contribution in [0.5, 0.6) is 0 Å². The number of aliphatic hydroxyl groups is 1. The van der Waals surface area contributed by atoms with E-state index in [0.29, 0.717) is 11.8 Å².